The molecule has 0 radical (unpaired) electrons. The van der Waals surface area contributed by atoms with Crippen LogP contribution in [0.25, 0.3) is 0 Å². The minimum absolute atomic E-state index is 0.295. The number of nitrogens with one attached hydrogen (secondary N) is 2. The maximum Gasteiger partial charge on any atom is 0.191 e. The number of nitrogens with zero attached hydrogens (tertiary/aromatic N) is 2. The highest BCUT2D eigenvalue weighted by molar-refractivity contribution is 7.09. The van der Waals surface area contributed by atoms with Gasteiger partial charge in [0.25, 0.3) is 0 Å². The molecule has 0 aliphatic heterocycles. The van der Waals surface area contributed by atoms with Gasteiger partial charge in [-0.25, -0.2) is 9.98 Å². The molecule has 0 amide bonds. The van der Waals surface area contributed by atoms with Crippen molar-refractivity contribution < 1.29 is 4.74 Å². The smallest absolute Gasteiger partial charge is 0.191 e. The zero-order valence-electron chi connectivity index (χ0n) is 14.5. The molecule has 0 bridgehead atoms. The predicted molar refractivity (Wildman–Crippen MR) is 94.5 cm³/mol. The van der Waals surface area contributed by atoms with Crippen molar-refractivity contribution in [3.8, 4) is 0 Å². The first-order chi connectivity index (χ1) is 10.6. The predicted octanol–water partition coefficient (Wildman–Crippen LogP) is 2.96. The number of ether oxygens (including phenoxy) is 1. The minimum Gasteiger partial charge on any atom is -0.378 e. The van der Waals surface area contributed by atoms with E-state index < -0.39 is 0 Å². The van der Waals surface area contributed by atoms with Crippen LogP contribution in [0.3, 0.4) is 0 Å². The molecule has 0 spiro atoms. The summed E-state index contributed by atoms with van der Waals surface area (Å²) in [6.45, 7) is 13.7. The number of aliphatic imine (C=N–C) groups is 1. The van der Waals surface area contributed by atoms with Crippen molar-refractivity contribution in [1.82, 2.24) is 15.6 Å². The summed E-state index contributed by atoms with van der Waals surface area (Å²) in [5.41, 5.74) is 2.94. The van der Waals surface area contributed by atoms with Gasteiger partial charge in [0, 0.05) is 24.6 Å². The summed E-state index contributed by atoms with van der Waals surface area (Å²) in [4.78, 5) is 10.1. The second-order valence-corrected chi connectivity index (χ2v) is 6.45. The van der Waals surface area contributed by atoms with Gasteiger partial charge in [0.2, 0.25) is 0 Å². The lowest BCUT2D eigenvalue weighted by atomic mass is 10.0. The summed E-state index contributed by atoms with van der Waals surface area (Å²) in [7, 11) is 0. The average molecular weight is 327 g/mol. The molecule has 5 nitrogen and oxygen atoms in total. The topological polar surface area (TPSA) is 58.5 Å². The van der Waals surface area contributed by atoms with E-state index in [2.05, 4.69) is 41.4 Å². The van der Waals surface area contributed by atoms with Gasteiger partial charge in [0.05, 0.1) is 23.9 Å². The van der Waals surface area contributed by atoms with Crippen LogP contribution in [0.5, 0.6) is 0 Å². The Morgan fingerprint density at radius 1 is 1.36 bits per heavy atom. The Morgan fingerprint density at radius 2 is 2.14 bits per heavy atom. The third-order valence-electron chi connectivity index (χ3n) is 3.42. The fourth-order valence-corrected chi connectivity index (χ4v) is 2.83. The fourth-order valence-electron chi connectivity index (χ4n) is 2.13. The van der Waals surface area contributed by atoms with E-state index in [1.54, 1.807) is 11.3 Å². The van der Waals surface area contributed by atoms with Crippen molar-refractivity contribution in [2.45, 2.75) is 53.7 Å². The molecule has 0 saturated heterocycles. The van der Waals surface area contributed by atoms with Crippen LogP contribution in [0.1, 0.15) is 44.7 Å². The number of rotatable bonds is 9. The van der Waals surface area contributed by atoms with Crippen molar-refractivity contribution in [3.63, 3.8) is 0 Å². The molecule has 1 rings (SSSR count). The van der Waals surface area contributed by atoms with E-state index >= 15 is 0 Å². The summed E-state index contributed by atoms with van der Waals surface area (Å²) in [5.74, 6) is 1.38. The molecule has 0 aliphatic carbocycles. The molecule has 22 heavy (non-hydrogen) atoms. The molecule has 1 heterocycles. The first kappa shape index (κ1) is 18.9. The lowest BCUT2D eigenvalue weighted by Gasteiger charge is -2.21. The van der Waals surface area contributed by atoms with E-state index in [0.29, 0.717) is 18.6 Å². The molecular weight excluding hydrogens is 296 g/mol. The standard InChI is InChI=1S/C16H30N4OS/c1-6-17-16(19-10-15-13(5)20-11-22-15)18-9-8-14(12(3)4)21-7-2/h11-12,14H,6-10H2,1-5H3,(H2,17,18,19). The molecule has 126 valence electrons. The SMILES string of the molecule is CCNC(=NCc1scnc1C)NCCC(OCC)C(C)C. The Hall–Kier alpha value is -1.14. The zero-order chi connectivity index (χ0) is 16.4. The monoisotopic (exact) mass is 326 g/mol. The largest absolute Gasteiger partial charge is 0.378 e. The van der Waals surface area contributed by atoms with E-state index in [4.69, 9.17) is 4.74 Å². The number of aromatic nitrogens is 1. The number of thiazole rings is 1. The van der Waals surface area contributed by atoms with E-state index in [1.165, 1.54) is 4.88 Å². The molecule has 1 atom stereocenters. The van der Waals surface area contributed by atoms with Crippen LogP contribution < -0.4 is 10.6 Å². The summed E-state index contributed by atoms with van der Waals surface area (Å²) in [6.07, 6.45) is 1.28. The van der Waals surface area contributed by atoms with Crippen molar-refractivity contribution in [3.05, 3.63) is 16.1 Å². The first-order valence-corrected chi connectivity index (χ1v) is 8.99. The number of hydrogen-bond donors (Lipinski definition) is 2. The molecule has 0 aliphatic rings. The van der Waals surface area contributed by atoms with Crippen LogP contribution in [0, 0.1) is 12.8 Å². The van der Waals surface area contributed by atoms with E-state index in [1.807, 2.05) is 19.4 Å². The Labute approximate surface area is 138 Å². The molecular formula is C16H30N4OS. The zero-order valence-corrected chi connectivity index (χ0v) is 15.3. The van der Waals surface area contributed by atoms with Crippen LogP contribution in [0.4, 0.5) is 0 Å². The Kier molecular flexibility index (Phi) is 9.08. The minimum atomic E-state index is 0.295. The van der Waals surface area contributed by atoms with E-state index in [0.717, 1.165) is 37.8 Å². The summed E-state index contributed by atoms with van der Waals surface area (Å²) in [5, 5.41) is 6.67. The van der Waals surface area contributed by atoms with Crippen molar-refractivity contribution in [2.75, 3.05) is 19.7 Å². The molecule has 0 fully saturated rings. The van der Waals surface area contributed by atoms with Crippen LogP contribution in [-0.4, -0.2) is 36.7 Å². The van der Waals surface area contributed by atoms with Gasteiger partial charge in [-0.2, -0.15) is 0 Å². The number of hydrogen-bond acceptors (Lipinski definition) is 4. The molecule has 1 unspecified atom stereocenters. The first-order valence-electron chi connectivity index (χ1n) is 8.11. The third kappa shape index (κ3) is 6.75. The van der Waals surface area contributed by atoms with E-state index in [9.17, 15) is 0 Å². The highest BCUT2D eigenvalue weighted by Crippen LogP contribution is 2.13. The Morgan fingerprint density at radius 3 is 2.68 bits per heavy atom. The van der Waals surface area contributed by atoms with Crippen LogP contribution in [0.15, 0.2) is 10.5 Å². The lowest BCUT2D eigenvalue weighted by molar-refractivity contribution is 0.0258. The van der Waals surface area contributed by atoms with Crippen LogP contribution in [-0.2, 0) is 11.3 Å². The molecule has 0 saturated carbocycles. The Balaban J connectivity index is 2.48. The molecule has 2 N–H and O–H groups in total. The fraction of sp³-hybridized carbons (Fsp3) is 0.750. The summed E-state index contributed by atoms with van der Waals surface area (Å²) >= 11 is 1.66. The van der Waals surface area contributed by atoms with Crippen LogP contribution >= 0.6 is 11.3 Å². The van der Waals surface area contributed by atoms with Crippen molar-refractivity contribution in [1.29, 1.82) is 0 Å². The average Bonchev–Trinajstić information content (AvgIpc) is 2.89. The van der Waals surface area contributed by atoms with E-state index in [-0.39, 0.29) is 0 Å². The maximum absolute atomic E-state index is 5.77. The van der Waals surface area contributed by atoms with Gasteiger partial charge < -0.3 is 15.4 Å². The molecule has 0 aromatic carbocycles. The van der Waals surface area contributed by atoms with Gasteiger partial charge >= 0.3 is 0 Å². The number of guanidine groups is 1. The normalized spacial score (nSPS) is 13.5. The second kappa shape index (κ2) is 10.6. The van der Waals surface area contributed by atoms with Crippen molar-refractivity contribution in [2.24, 2.45) is 10.9 Å². The Bertz CT molecular complexity index is 445. The summed E-state index contributed by atoms with van der Waals surface area (Å²) in [6, 6.07) is 0. The van der Waals surface area contributed by atoms with Crippen LogP contribution in [0.2, 0.25) is 0 Å². The lowest BCUT2D eigenvalue weighted by Crippen LogP contribution is -2.39. The van der Waals surface area contributed by atoms with Gasteiger partial charge in [-0.1, -0.05) is 13.8 Å². The second-order valence-electron chi connectivity index (χ2n) is 5.51. The third-order valence-corrected chi connectivity index (χ3v) is 4.34. The quantitative estimate of drug-likeness (QED) is 0.541. The summed E-state index contributed by atoms with van der Waals surface area (Å²) < 4.78 is 5.77. The van der Waals surface area contributed by atoms with Crippen molar-refractivity contribution >= 4 is 17.3 Å². The highest BCUT2D eigenvalue weighted by Gasteiger charge is 2.13. The molecule has 1 aromatic rings. The highest BCUT2D eigenvalue weighted by atomic mass is 32.1. The van der Waals surface area contributed by atoms with Gasteiger partial charge in [-0.05, 0) is 33.1 Å². The number of aryl methyl sites for hydroxylation is 1. The van der Waals surface area contributed by atoms with Gasteiger partial charge in [-0.3, -0.25) is 0 Å². The van der Waals surface area contributed by atoms with Gasteiger partial charge in [0.1, 0.15) is 0 Å². The molecule has 1 aromatic heterocycles. The van der Waals surface area contributed by atoms with Gasteiger partial charge in [0.15, 0.2) is 5.96 Å². The van der Waals surface area contributed by atoms with Gasteiger partial charge in [-0.15, -0.1) is 11.3 Å². The molecule has 6 heteroatoms. The maximum atomic E-state index is 5.77.